The summed E-state index contributed by atoms with van der Waals surface area (Å²) in [6, 6.07) is 0. The second-order valence-electron chi connectivity index (χ2n) is 14.6. The van der Waals surface area contributed by atoms with Crippen molar-refractivity contribution in [1.82, 2.24) is 0 Å². The normalized spacial score (nSPS) is 43.0. The van der Waals surface area contributed by atoms with Gasteiger partial charge in [0, 0.05) is 18.9 Å². The molecule has 4 aliphatic carbocycles. The summed E-state index contributed by atoms with van der Waals surface area (Å²) in [6.07, 6.45) is 8.76. The molecule has 0 spiro atoms. The van der Waals surface area contributed by atoms with Gasteiger partial charge in [-0.15, -0.1) is 0 Å². The average Bonchev–Trinajstić information content (AvgIpc) is 3.26. The molecule has 7 heteroatoms. The average molecular weight is 577 g/mol. The standard InChI is InChI=1S/C34H56O7/c1-20(8-6-14-33(3,4)40)26-12-13-27-22(9-7-15-34(26,27)5)10-11-23-16-25(36)18-28(21(23)2)41-29-17-24(19-35)30(37)32(39)31(29)38/h10-11,20,24-32,35-40H,2,6-9,12-19H2,1,3-5H3/t20?,24?,25-,26-,27?,28+,29?,30?,31?,32?,34-/m1/s1. The van der Waals surface area contributed by atoms with Gasteiger partial charge in [0.25, 0.3) is 0 Å². The van der Waals surface area contributed by atoms with Crippen LogP contribution < -0.4 is 0 Å². The Kier molecular flexibility index (Phi) is 10.6. The number of hydrogen-bond donors (Lipinski definition) is 6. The first-order valence-corrected chi connectivity index (χ1v) is 16.0. The molecule has 7 unspecified atom stereocenters. The van der Waals surface area contributed by atoms with Crippen molar-refractivity contribution in [3.8, 4) is 0 Å². The van der Waals surface area contributed by atoms with Gasteiger partial charge in [0.1, 0.15) is 12.2 Å². The van der Waals surface area contributed by atoms with E-state index in [0.29, 0.717) is 30.6 Å². The molecule has 0 amide bonds. The molecule has 0 saturated heterocycles. The van der Waals surface area contributed by atoms with Crippen molar-refractivity contribution < 1.29 is 35.4 Å². The molecule has 0 aromatic carbocycles. The van der Waals surface area contributed by atoms with Gasteiger partial charge in [0.05, 0.1) is 30.0 Å². The molecule has 41 heavy (non-hydrogen) atoms. The Morgan fingerprint density at radius 1 is 1.07 bits per heavy atom. The first kappa shape index (κ1) is 32.8. The minimum absolute atomic E-state index is 0.219. The Morgan fingerprint density at radius 3 is 2.49 bits per heavy atom. The third-order valence-electron chi connectivity index (χ3n) is 11.1. The molecule has 0 radical (unpaired) electrons. The highest BCUT2D eigenvalue weighted by molar-refractivity contribution is 5.39. The minimum atomic E-state index is -1.40. The molecule has 234 valence electrons. The van der Waals surface area contributed by atoms with E-state index < -0.39 is 48.1 Å². The number of hydrogen-bond acceptors (Lipinski definition) is 7. The second kappa shape index (κ2) is 13.3. The Bertz CT molecular complexity index is 965. The summed E-state index contributed by atoms with van der Waals surface area (Å²) in [7, 11) is 0. The summed E-state index contributed by atoms with van der Waals surface area (Å²) in [6.45, 7) is 12.7. The number of fused-ring (bicyclic) bond motifs is 1. The van der Waals surface area contributed by atoms with Crippen LogP contribution in [0.4, 0.5) is 0 Å². The Hall–Kier alpha value is -1.06. The van der Waals surface area contributed by atoms with Gasteiger partial charge in [-0.25, -0.2) is 0 Å². The lowest BCUT2D eigenvalue weighted by atomic mass is 9.60. The molecule has 0 bridgehead atoms. The van der Waals surface area contributed by atoms with Crippen molar-refractivity contribution >= 4 is 0 Å². The van der Waals surface area contributed by atoms with Gasteiger partial charge in [-0.2, -0.15) is 0 Å². The van der Waals surface area contributed by atoms with Gasteiger partial charge in [-0.05, 0) is 99.5 Å². The van der Waals surface area contributed by atoms with Crippen LogP contribution in [0.15, 0.2) is 35.5 Å². The van der Waals surface area contributed by atoms with Gasteiger partial charge < -0.3 is 35.4 Å². The molecule has 0 aromatic heterocycles. The Morgan fingerprint density at radius 2 is 1.80 bits per heavy atom. The maximum atomic E-state index is 10.7. The number of aliphatic hydroxyl groups excluding tert-OH is 5. The monoisotopic (exact) mass is 576 g/mol. The van der Waals surface area contributed by atoms with Gasteiger partial charge in [-0.1, -0.05) is 51.0 Å². The molecule has 4 fully saturated rings. The van der Waals surface area contributed by atoms with Crippen molar-refractivity contribution in [1.29, 1.82) is 0 Å². The lowest BCUT2D eigenvalue weighted by Gasteiger charge is -2.44. The molecule has 11 atom stereocenters. The highest BCUT2D eigenvalue weighted by atomic mass is 16.5. The molecular formula is C34H56O7. The van der Waals surface area contributed by atoms with Crippen LogP contribution in [-0.2, 0) is 4.74 Å². The first-order valence-electron chi connectivity index (χ1n) is 16.0. The summed E-state index contributed by atoms with van der Waals surface area (Å²) < 4.78 is 6.21. The fourth-order valence-electron chi connectivity index (χ4n) is 8.66. The van der Waals surface area contributed by atoms with Crippen LogP contribution in [0.5, 0.6) is 0 Å². The topological polar surface area (TPSA) is 131 Å². The predicted octanol–water partition coefficient (Wildman–Crippen LogP) is 4.19. The number of allylic oxidation sites excluding steroid dienone is 3. The van der Waals surface area contributed by atoms with Crippen molar-refractivity contribution in [2.24, 2.45) is 29.1 Å². The largest absolute Gasteiger partial charge is 0.396 e. The smallest absolute Gasteiger partial charge is 0.109 e. The molecule has 4 saturated carbocycles. The minimum Gasteiger partial charge on any atom is -0.396 e. The summed E-state index contributed by atoms with van der Waals surface area (Å²) >= 11 is 0. The van der Waals surface area contributed by atoms with Crippen molar-refractivity contribution in [2.45, 2.75) is 141 Å². The second-order valence-corrected chi connectivity index (χ2v) is 14.6. The van der Waals surface area contributed by atoms with Crippen molar-refractivity contribution in [3.05, 3.63) is 35.5 Å². The van der Waals surface area contributed by atoms with Crippen LogP contribution in [0, 0.1) is 29.1 Å². The van der Waals surface area contributed by atoms with E-state index in [4.69, 9.17) is 4.74 Å². The van der Waals surface area contributed by atoms with E-state index in [9.17, 15) is 30.6 Å². The van der Waals surface area contributed by atoms with Crippen LogP contribution in [0.1, 0.15) is 98.3 Å². The summed E-state index contributed by atoms with van der Waals surface area (Å²) in [5.74, 6) is 1.30. The number of aliphatic hydroxyl groups is 6. The van der Waals surface area contributed by atoms with Crippen molar-refractivity contribution in [3.63, 3.8) is 0 Å². The zero-order chi connectivity index (χ0) is 30.1. The third-order valence-corrected chi connectivity index (χ3v) is 11.1. The molecule has 7 nitrogen and oxygen atoms in total. The number of rotatable bonds is 9. The molecule has 0 heterocycles. The van der Waals surface area contributed by atoms with E-state index >= 15 is 0 Å². The molecule has 6 N–H and O–H groups in total. The highest BCUT2D eigenvalue weighted by Crippen LogP contribution is 2.60. The fourth-order valence-corrected chi connectivity index (χ4v) is 8.66. The van der Waals surface area contributed by atoms with Gasteiger partial charge in [0.15, 0.2) is 0 Å². The van der Waals surface area contributed by atoms with Crippen molar-refractivity contribution in [2.75, 3.05) is 6.61 Å². The highest BCUT2D eigenvalue weighted by Gasteiger charge is 2.50. The van der Waals surface area contributed by atoms with E-state index in [2.05, 4.69) is 32.6 Å². The van der Waals surface area contributed by atoms with E-state index in [0.717, 1.165) is 36.8 Å². The summed E-state index contributed by atoms with van der Waals surface area (Å²) in [5.41, 5.74) is 2.92. The Labute approximate surface area is 247 Å². The van der Waals surface area contributed by atoms with E-state index in [-0.39, 0.29) is 18.4 Å². The lowest BCUT2D eigenvalue weighted by Crippen LogP contribution is -2.56. The molecule has 4 aliphatic rings. The number of ether oxygens (including phenoxy) is 1. The lowest BCUT2D eigenvalue weighted by molar-refractivity contribution is -0.189. The van der Waals surface area contributed by atoms with Gasteiger partial charge >= 0.3 is 0 Å². The van der Waals surface area contributed by atoms with E-state index in [1.165, 1.54) is 31.3 Å². The van der Waals surface area contributed by atoms with Crippen LogP contribution in [0.2, 0.25) is 0 Å². The maximum absolute atomic E-state index is 10.7. The zero-order valence-corrected chi connectivity index (χ0v) is 25.7. The first-order chi connectivity index (χ1) is 19.2. The van der Waals surface area contributed by atoms with Gasteiger partial charge in [0.2, 0.25) is 0 Å². The van der Waals surface area contributed by atoms with Crippen LogP contribution >= 0.6 is 0 Å². The van der Waals surface area contributed by atoms with E-state index in [1.807, 2.05) is 13.8 Å². The Balaban J connectivity index is 1.44. The zero-order valence-electron chi connectivity index (χ0n) is 25.7. The predicted molar refractivity (Wildman–Crippen MR) is 160 cm³/mol. The molecule has 0 aromatic rings. The van der Waals surface area contributed by atoms with Gasteiger partial charge in [-0.3, -0.25) is 0 Å². The maximum Gasteiger partial charge on any atom is 0.109 e. The molecule has 4 rings (SSSR count). The van der Waals surface area contributed by atoms with E-state index in [1.54, 1.807) is 0 Å². The third kappa shape index (κ3) is 7.36. The fraction of sp³-hybridized carbons (Fsp3) is 0.824. The SMILES string of the molecule is C=C1C(=CC=C2CCC[C@@]3(C)C2CC[C@@H]3C(C)CCCC(C)(C)O)C[C@@H](O)C[C@@H]1OC1CC(CO)C(O)C(O)C1O. The van der Waals surface area contributed by atoms with Crippen LogP contribution in [-0.4, -0.2) is 79.5 Å². The molecule has 0 aliphatic heterocycles. The summed E-state index contributed by atoms with van der Waals surface area (Å²) in [5, 5.41) is 61.5. The van der Waals surface area contributed by atoms with Crippen LogP contribution in [0.3, 0.4) is 0 Å². The quantitative estimate of drug-likeness (QED) is 0.243. The molecular weight excluding hydrogens is 520 g/mol. The summed E-state index contributed by atoms with van der Waals surface area (Å²) in [4.78, 5) is 0. The van der Waals surface area contributed by atoms with Crippen LogP contribution in [0.25, 0.3) is 0 Å².